The zero-order chi connectivity index (χ0) is 24.6. The number of anilines is 3. The van der Waals surface area contributed by atoms with Gasteiger partial charge in [0.15, 0.2) is 0 Å². The Bertz CT molecular complexity index is 1340. The van der Waals surface area contributed by atoms with Crippen LogP contribution in [-0.2, 0) is 0 Å². The van der Waals surface area contributed by atoms with Gasteiger partial charge < -0.3 is 20.7 Å². The molecule has 0 radical (unpaired) electrons. The van der Waals surface area contributed by atoms with E-state index in [-0.39, 0.29) is 17.7 Å². The molecule has 174 valence electrons. The summed E-state index contributed by atoms with van der Waals surface area (Å²) in [5, 5.41) is 8.43. The van der Waals surface area contributed by atoms with Crippen LogP contribution in [0.2, 0.25) is 0 Å². The summed E-state index contributed by atoms with van der Waals surface area (Å²) in [4.78, 5) is 37.6. The summed E-state index contributed by atoms with van der Waals surface area (Å²) in [5.74, 6) is -0.415. The molecule has 4 aromatic rings. The van der Waals surface area contributed by atoms with Crippen molar-refractivity contribution in [1.29, 1.82) is 0 Å². The van der Waals surface area contributed by atoms with Crippen molar-refractivity contribution in [2.24, 2.45) is 0 Å². The van der Waals surface area contributed by atoms with Crippen LogP contribution in [0.15, 0.2) is 103 Å². The number of rotatable bonds is 7. The lowest BCUT2D eigenvalue weighted by molar-refractivity contribution is 0.101. The van der Waals surface area contributed by atoms with Crippen molar-refractivity contribution in [2.75, 3.05) is 23.1 Å². The van der Waals surface area contributed by atoms with Crippen molar-refractivity contribution >= 4 is 34.8 Å². The van der Waals surface area contributed by atoms with Crippen molar-refractivity contribution in [3.8, 4) is 5.75 Å². The molecule has 0 heterocycles. The summed E-state index contributed by atoms with van der Waals surface area (Å²) in [7, 11) is 1.50. The SMILES string of the molecule is COc1ccc(NC(=O)c2ccccc2)cc1NC(=O)c1ccc(NC(=O)c2ccccc2)cc1. The first kappa shape index (κ1) is 23.3. The molecule has 0 spiro atoms. The zero-order valence-corrected chi connectivity index (χ0v) is 18.9. The second-order valence-corrected chi connectivity index (χ2v) is 7.59. The molecule has 0 aliphatic carbocycles. The minimum atomic E-state index is -0.365. The molecule has 7 nitrogen and oxygen atoms in total. The Labute approximate surface area is 202 Å². The minimum absolute atomic E-state index is 0.234. The molecule has 4 rings (SSSR count). The highest BCUT2D eigenvalue weighted by molar-refractivity contribution is 6.08. The van der Waals surface area contributed by atoms with E-state index in [9.17, 15) is 14.4 Å². The highest BCUT2D eigenvalue weighted by atomic mass is 16.5. The summed E-state index contributed by atoms with van der Waals surface area (Å²) in [5.41, 5.74) is 2.94. The average molecular weight is 466 g/mol. The van der Waals surface area contributed by atoms with Crippen molar-refractivity contribution < 1.29 is 19.1 Å². The van der Waals surface area contributed by atoms with Crippen molar-refractivity contribution in [3.63, 3.8) is 0 Å². The summed E-state index contributed by atoms with van der Waals surface area (Å²) >= 11 is 0. The van der Waals surface area contributed by atoms with E-state index in [1.165, 1.54) is 7.11 Å². The predicted molar refractivity (Wildman–Crippen MR) is 136 cm³/mol. The Kier molecular flexibility index (Phi) is 7.18. The van der Waals surface area contributed by atoms with Crippen LogP contribution in [0.4, 0.5) is 17.1 Å². The Morgan fingerprint density at radius 2 is 1.00 bits per heavy atom. The molecule has 3 amide bonds. The largest absolute Gasteiger partial charge is 0.495 e. The van der Waals surface area contributed by atoms with Crippen LogP contribution in [0.3, 0.4) is 0 Å². The molecule has 35 heavy (non-hydrogen) atoms. The number of carbonyl (C=O) groups is 3. The van der Waals surface area contributed by atoms with Gasteiger partial charge in [0.05, 0.1) is 12.8 Å². The molecule has 0 bridgehead atoms. The number of hydrogen-bond donors (Lipinski definition) is 3. The highest BCUT2D eigenvalue weighted by Gasteiger charge is 2.13. The van der Waals surface area contributed by atoms with Gasteiger partial charge in [-0.05, 0) is 66.7 Å². The molecule has 0 saturated carbocycles. The molecular weight excluding hydrogens is 442 g/mol. The van der Waals surface area contributed by atoms with Gasteiger partial charge in [-0.25, -0.2) is 0 Å². The van der Waals surface area contributed by atoms with Crippen LogP contribution in [0.1, 0.15) is 31.1 Å². The number of ether oxygens (including phenoxy) is 1. The highest BCUT2D eigenvalue weighted by Crippen LogP contribution is 2.29. The molecule has 7 heteroatoms. The lowest BCUT2D eigenvalue weighted by atomic mass is 10.1. The lowest BCUT2D eigenvalue weighted by Gasteiger charge is -2.13. The number of nitrogens with one attached hydrogen (secondary N) is 3. The first-order valence-electron chi connectivity index (χ1n) is 10.9. The van der Waals surface area contributed by atoms with E-state index in [2.05, 4.69) is 16.0 Å². The number of methoxy groups -OCH3 is 1. The Morgan fingerprint density at radius 3 is 1.54 bits per heavy atom. The van der Waals surface area contributed by atoms with E-state index in [4.69, 9.17) is 4.74 Å². The summed E-state index contributed by atoms with van der Waals surface area (Å²) in [6, 6.07) is 29.2. The third-order valence-electron chi connectivity index (χ3n) is 5.18. The maximum absolute atomic E-state index is 12.9. The van der Waals surface area contributed by atoms with E-state index in [0.29, 0.717) is 39.5 Å². The van der Waals surface area contributed by atoms with Crippen LogP contribution < -0.4 is 20.7 Å². The average Bonchev–Trinajstić information content (AvgIpc) is 2.90. The zero-order valence-electron chi connectivity index (χ0n) is 18.9. The van der Waals surface area contributed by atoms with E-state index < -0.39 is 0 Å². The molecule has 3 N–H and O–H groups in total. The van der Waals surface area contributed by atoms with Gasteiger partial charge in [0, 0.05) is 28.1 Å². The molecule has 0 unspecified atom stereocenters. The van der Waals surface area contributed by atoms with Gasteiger partial charge in [0.1, 0.15) is 5.75 Å². The van der Waals surface area contributed by atoms with Crippen molar-refractivity contribution in [2.45, 2.75) is 0 Å². The molecular formula is C28H23N3O4. The van der Waals surface area contributed by atoms with Gasteiger partial charge in [-0.15, -0.1) is 0 Å². The van der Waals surface area contributed by atoms with Crippen LogP contribution in [0, 0.1) is 0 Å². The fraction of sp³-hybridized carbons (Fsp3) is 0.0357. The normalized spacial score (nSPS) is 10.2. The van der Waals surface area contributed by atoms with Gasteiger partial charge in [-0.3, -0.25) is 14.4 Å². The molecule has 0 aromatic heterocycles. The number of amides is 3. The Morgan fingerprint density at radius 1 is 0.543 bits per heavy atom. The third kappa shape index (κ3) is 5.91. The number of hydrogen-bond acceptors (Lipinski definition) is 4. The molecule has 0 aliphatic heterocycles. The smallest absolute Gasteiger partial charge is 0.255 e. The maximum atomic E-state index is 12.9. The summed E-state index contributed by atoms with van der Waals surface area (Å²) in [6.07, 6.45) is 0. The van der Waals surface area contributed by atoms with Crippen LogP contribution >= 0.6 is 0 Å². The fourth-order valence-electron chi connectivity index (χ4n) is 3.37. The maximum Gasteiger partial charge on any atom is 0.255 e. The van der Waals surface area contributed by atoms with Crippen molar-refractivity contribution in [1.82, 2.24) is 0 Å². The number of benzene rings is 4. The monoisotopic (exact) mass is 465 g/mol. The van der Waals surface area contributed by atoms with Crippen LogP contribution in [-0.4, -0.2) is 24.8 Å². The van der Waals surface area contributed by atoms with Gasteiger partial charge in [0.2, 0.25) is 0 Å². The van der Waals surface area contributed by atoms with Gasteiger partial charge in [-0.1, -0.05) is 36.4 Å². The molecule has 0 fully saturated rings. The quantitative estimate of drug-likeness (QED) is 0.338. The Hall–Kier alpha value is -4.91. The molecule has 0 aliphatic rings. The molecule has 0 saturated heterocycles. The van der Waals surface area contributed by atoms with E-state index in [1.807, 2.05) is 12.1 Å². The van der Waals surface area contributed by atoms with Crippen LogP contribution in [0.25, 0.3) is 0 Å². The third-order valence-corrected chi connectivity index (χ3v) is 5.18. The fourth-order valence-corrected chi connectivity index (χ4v) is 3.37. The standard InChI is InChI=1S/C28H23N3O4/c1-35-25-17-16-23(30-27(33)20-10-6-3-7-11-20)18-24(25)31-28(34)21-12-14-22(15-13-21)29-26(32)19-8-4-2-5-9-19/h2-18H,1H3,(H,29,32)(H,30,33)(H,31,34). The van der Waals surface area contributed by atoms with E-state index in [0.717, 1.165) is 0 Å². The summed E-state index contributed by atoms with van der Waals surface area (Å²) in [6.45, 7) is 0. The van der Waals surface area contributed by atoms with Crippen LogP contribution in [0.5, 0.6) is 5.75 Å². The molecule has 0 atom stereocenters. The Balaban J connectivity index is 1.44. The van der Waals surface area contributed by atoms with E-state index in [1.54, 1.807) is 91.0 Å². The molecule has 4 aromatic carbocycles. The topological polar surface area (TPSA) is 96.5 Å². The van der Waals surface area contributed by atoms with Gasteiger partial charge in [0.25, 0.3) is 17.7 Å². The van der Waals surface area contributed by atoms with Crippen molar-refractivity contribution in [3.05, 3.63) is 120 Å². The predicted octanol–water partition coefficient (Wildman–Crippen LogP) is 5.45. The van der Waals surface area contributed by atoms with Gasteiger partial charge >= 0.3 is 0 Å². The second-order valence-electron chi connectivity index (χ2n) is 7.59. The first-order valence-corrected chi connectivity index (χ1v) is 10.9. The van der Waals surface area contributed by atoms with Gasteiger partial charge in [-0.2, -0.15) is 0 Å². The lowest BCUT2D eigenvalue weighted by Crippen LogP contribution is -2.15. The van der Waals surface area contributed by atoms with E-state index >= 15 is 0 Å². The number of carbonyl (C=O) groups excluding carboxylic acids is 3. The first-order chi connectivity index (χ1) is 17.0. The second kappa shape index (κ2) is 10.8. The minimum Gasteiger partial charge on any atom is -0.495 e. The summed E-state index contributed by atoms with van der Waals surface area (Å²) < 4.78 is 5.36.